The van der Waals surface area contributed by atoms with Crippen LogP contribution in [-0.4, -0.2) is 42.1 Å². The summed E-state index contributed by atoms with van der Waals surface area (Å²) in [6, 6.07) is 5.11. The van der Waals surface area contributed by atoms with Crippen LogP contribution in [0.2, 0.25) is 0 Å². The molecule has 2 aromatic rings. The minimum Gasteiger partial charge on any atom is -0.493 e. The van der Waals surface area contributed by atoms with Crippen molar-refractivity contribution < 1.29 is 23.1 Å². The van der Waals surface area contributed by atoms with E-state index >= 15 is 0 Å². The van der Waals surface area contributed by atoms with E-state index in [-0.39, 0.29) is 10.6 Å². The van der Waals surface area contributed by atoms with Crippen molar-refractivity contribution in [3.8, 4) is 5.75 Å². The maximum Gasteiger partial charge on any atom is 0.355 e. The lowest BCUT2D eigenvalue weighted by Gasteiger charge is -2.27. The van der Waals surface area contributed by atoms with Crippen LogP contribution in [0.3, 0.4) is 0 Å². The molecule has 1 atom stereocenters. The molecule has 1 aromatic carbocycles. The Morgan fingerprint density at radius 1 is 1.48 bits per heavy atom. The predicted octanol–water partition coefficient (Wildman–Crippen LogP) is 1.64. The molecule has 25 heavy (non-hydrogen) atoms. The Balaban J connectivity index is 1.97. The van der Waals surface area contributed by atoms with Gasteiger partial charge in [-0.05, 0) is 24.5 Å². The van der Waals surface area contributed by atoms with E-state index in [4.69, 9.17) is 4.74 Å². The maximum atomic E-state index is 12.7. The van der Waals surface area contributed by atoms with Gasteiger partial charge in [0, 0.05) is 23.9 Å². The third kappa shape index (κ3) is 3.37. The van der Waals surface area contributed by atoms with Gasteiger partial charge in [0.25, 0.3) is 0 Å². The number of sulfonamides is 1. The second-order valence-electron chi connectivity index (χ2n) is 5.50. The number of carboxylic acid groups (broad SMARTS) is 1. The number of aryl methyl sites for hydroxylation is 1. The van der Waals surface area contributed by atoms with E-state index in [0.29, 0.717) is 18.8 Å². The molecule has 0 radical (unpaired) electrons. The molecule has 2 heterocycles. The minimum absolute atomic E-state index is 0.350. The number of aromatic carboxylic acids is 1. The van der Waals surface area contributed by atoms with Crippen LogP contribution in [0.1, 0.15) is 28.5 Å². The van der Waals surface area contributed by atoms with Crippen LogP contribution in [0.5, 0.6) is 5.75 Å². The van der Waals surface area contributed by atoms with Crippen molar-refractivity contribution in [1.82, 2.24) is 14.5 Å². The van der Waals surface area contributed by atoms with Crippen molar-refractivity contribution in [2.24, 2.45) is 7.05 Å². The summed E-state index contributed by atoms with van der Waals surface area (Å²) in [6.45, 7) is 0.373. The Bertz CT molecular complexity index is 923. The maximum absolute atomic E-state index is 12.7. The Morgan fingerprint density at radius 2 is 2.24 bits per heavy atom. The van der Waals surface area contributed by atoms with Gasteiger partial charge in [0.05, 0.1) is 18.8 Å². The second-order valence-corrected chi connectivity index (χ2v) is 8.06. The topological polar surface area (TPSA) is 111 Å². The molecular weight excluding hydrogens is 366 g/mol. The number of aromatic nitrogens is 2. The lowest BCUT2D eigenvalue weighted by Crippen LogP contribution is -2.33. The van der Waals surface area contributed by atoms with Crippen LogP contribution >= 0.6 is 11.8 Å². The van der Waals surface area contributed by atoms with Gasteiger partial charge in [0.1, 0.15) is 10.6 Å². The van der Waals surface area contributed by atoms with Gasteiger partial charge in [-0.1, -0.05) is 0 Å². The van der Waals surface area contributed by atoms with Gasteiger partial charge in [-0.3, -0.25) is 4.68 Å². The molecule has 0 aliphatic carbocycles. The molecule has 0 fully saturated rings. The number of benzene rings is 1. The fraction of sp³-hybridized carbons (Fsp3) is 0.333. The summed E-state index contributed by atoms with van der Waals surface area (Å²) >= 11 is 1.54. The smallest absolute Gasteiger partial charge is 0.355 e. The van der Waals surface area contributed by atoms with E-state index in [2.05, 4.69) is 9.82 Å². The Labute approximate surface area is 149 Å². The molecule has 0 saturated heterocycles. The van der Waals surface area contributed by atoms with E-state index in [1.165, 1.54) is 7.05 Å². The first-order chi connectivity index (χ1) is 11.8. The highest BCUT2D eigenvalue weighted by molar-refractivity contribution is 7.98. The van der Waals surface area contributed by atoms with Gasteiger partial charge in [-0.15, -0.1) is 11.8 Å². The standard InChI is InChI=1S/C15H17N3O5S2/c1-18-14(15(19)20)13(8-16-18)25(21,22)17-11-5-6-23-12-4-3-9(24-2)7-10(11)12/h3-4,7-8,11,17H,5-6H2,1-2H3,(H,19,20). The highest BCUT2D eigenvalue weighted by Crippen LogP contribution is 2.35. The zero-order chi connectivity index (χ0) is 18.2. The van der Waals surface area contributed by atoms with Crippen LogP contribution in [0.25, 0.3) is 0 Å². The third-order valence-corrected chi connectivity index (χ3v) is 6.15. The summed E-state index contributed by atoms with van der Waals surface area (Å²) in [6.07, 6.45) is 3.43. The van der Waals surface area contributed by atoms with Gasteiger partial charge in [0.15, 0.2) is 5.69 Å². The van der Waals surface area contributed by atoms with Gasteiger partial charge in [-0.2, -0.15) is 5.10 Å². The van der Waals surface area contributed by atoms with Crippen LogP contribution in [-0.2, 0) is 17.1 Å². The molecule has 1 aliphatic rings. The number of carboxylic acids is 1. The molecular formula is C15H17N3O5S2. The zero-order valence-corrected chi connectivity index (χ0v) is 15.2. The quantitative estimate of drug-likeness (QED) is 0.755. The highest BCUT2D eigenvalue weighted by atomic mass is 32.2. The Morgan fingerprint density at radius 3 is 2.92 bits per heavy atom. The Hall–Kier alpha value is -2.04. The summed E-state index contributed by atoms with van der Waals surface area (Å²) < 4.78 is 34.7. The van der Waals surface area contributed by atoms with Crippen LogP contribution in [0.4, 0.5) is 0 Å². The SMILES string of the molecule is CSc1ccc2c(c1)C(NS(=O)(=O)c1cnn(C)c1C(=O)O)CCO2. The minimum atomic E-state index is -4.05. The fourth-order valence-electron chi connectivity index (χ4n) is 2.73. The summed E-state index contributed by atoms with van der Waals surface area (Å²) in [4.78, 5) is 12.0. The van der Waals surface area contributed by atoms with Crippen molar-refractivity contribution in [3.05, 3.63) is 35.7 Å². The highest BCUT2D eigenvalue weighted by Gasteiger charge is 2.31. The molecule has 10 heteroatoms. The first kappa shape index (κ1) is 17.8. The molecule has 3 rings (SSSR count). The molecule has 0 saturated carbocycles. The first-order valence-electron chi connectivity index (χ1n) is 7.42. The zero-order valence-electron chi connectivity index (χ0n) is 13.6. The van der Waals surface area contributed by atoms with E-state index in [1.807, 2.05) is 24.5 Å². The van der Waals surface area contributed by atoms with E-state index < -0.39 is 22.0 Å². The first-order valence-corrected chi connectivity index (χ1v) is 10.1. The van der Waals surface area contributed by atoms with Gasteiger partial charge < -0.3 is 9.84 Å². The van der Waals surface area contributed by atoms with Crippen molar-refractivity contribution in [2.75, 3.05) is 12.9 Å². The normalized spacial score (nSPS) is 17.0. The van der Waals surface area contributed by atoms with E-state index in [1.54, 1.807) is 11.8 Å². The summed E-state index contributed by atoms with van der Waals surface area (Å²) in [5, 5.41) is 13.0. The number of hydrogen-bond acceptors (Lipinski definition) is 6. The van der Waals surface area contributed by atoms with Gasteiger partial charge >= 0.3 is 5.97 Å². The van der Waals surface area contributed by atoms with Crippen LogP contribution < -0.4 is 9.46 Å². The van der Waals surface area contributed by atoms with Gasteiger partial charge in [-0.25, -0.2) is 17.9 Å². The number of fused-ring (bicyclic) bond motifs is 1. The van der Waals surface area contributed by atoms with E-state index in [9.17, 15) is 18.3 Å². The van der Waals surface area contributed by atoms with Crippen molar-refractivity contribution in [3.63, 3.8) is 0 Å². The number of rotatable bonds is 5. The molecule has 0 amide bonds. The van der Waals surface area contributed by atoms with Crippen LogP contribution in [0.15, 0.2) is 34.2 Å². The molecule has 1 aromatic heterocycles. The monoisotopic (exact) mass is 383 g/mol. The number of thioether (sulfide) groups is 1. The summed E-state index contributed by atoms with van der Waals surface area (Å²) in [5.74, 6) is -0.723. The number of ether oxygens (including phenoxy) is 1. The average molecular weight is 383 g/mol. The van der Waals surface area contributed by atoms with Crippen molar-refractivity contribution >= 4 is 27.8 Å². The summed E-state index contributed by atoms with van der Waals surface area (Å²) in [5.41, 5.74) is 0.361. The number of nitrogens with zero attached hydrogens (tertiary/aromatic N) is 2. The average Bonchev–Trinajstić information content (AvgIpc) is 2.97. The number of carbonyl (C=O) groups is 1. The molecule has 8 nitrogen and oxygen atoms in total. The molecule has 134 valence electrons. The van der Waals surface area contributed by atoms with Gasteiger partial charge in [0.2, 0.25) is 10.0 Å². The summed E-state index contributed by atoms with van der Waals surface area (Å²) in [7, 11) is -2.67. The van der Waals surface area contributed by atoms with Crippen molar-refractivity contribution in [1.29, 1.82) is 0 Å². The van der Waals surface area contributed by atoms with Crippen LogP contribution in [0, 0.1) is 0 Å². The van der Waals surface area contributed by atoms with E-state index in [0.717, 1.165) is 21.3 Å². The third-order valence-electron chi connectivity index (χ3n) is 3.95. The molecule has 1 unspecified atom stereocenters. The largest absolute Gasteiger partial charge is 0.493 e. The fourth-order valence-corrected chi connectivity index (χ4v) is 4.59. The molecule has 0 bridgehead atoms. The number of hydrogen-bond donors (Lipinski definition) is 2. The molecule has 0 spiro atoms. The second kappa shape index (κ2) is 6.70. The molecule has 1 aliphatic heterocycles. The predicted molar refractivity (Wildman–Crippen MR) is 91.6 cm³/mol. The number of nitrogens with one attached hydrogen (secondary N) is 1. The molecule has 2 N–H and O–H groups in total. The lowest BCUT2D eigenvalue weighted by atomic mass is 10.0. The Kier molecular flexibility index (Phi) is 4.76. The lowest BCUT2D eigenvalue weighted by molar-refractivity contribution is 0.0680. The van der Waals surface area contributed by atoms with Crippen molar-refractivity contribution in [2.45, 2.75) is 22.3 Å².